The summed E-state index contributed by atoms with van der Waals surface area (Å²) in [5.74, 6) is 0. The van der Waals surface area contributed by atoms with Gasteiger partial charge in [-0.25, -0.2) is 17.9 Å². The summed E-state index contributed by atoms with van der Waals surface area (Å²) in [7, 11) is -3.78. The number of carbonyl (C=O) groups excluding carboxylic acids is 1. The summed E-state index contributed by atoms with van der Waals surface area (Å²) in [6.45, 7) is 2.27. The van der Waals surface area contributed by atoms with Gasteiger partial charge in [0.05, 0.1) is 17.6 Å². The molecular weight excluding hydrogens is 380 g/mol. The number of amides is 1. The number of rotatable bonds is 10. The molecule has 1 atom stereocenters. The Morgan fingerprint density at radius 3 is 2.39 bits per heavy atom. The number of aliphatic hydroxyl groups excluding tert-OH is 1. The summed E-state index contributed by atoms with van der Waals surface area (Å²) >= 11 is 0. The fourth-order valence-corrected chi connectivity index (χ4v) is 3.49. The van der Waals surface area contributed by atoms with Gasteiger partial charge in [0.1, 0.15) is 0 Å². The zero-order chi connectivity index (χ0) is 20.4. The van der Waals surface area contributed by atoms with Crippen LogP contribution >= 0.6 is 0 Å². The maximum absolute atomic E-state index is 12.4. The maximum atomic E-state index is 12.4. The zero-order valence-electron chi connectivity index (χ0n) is 15.8. The van der Waals surface area contributed by atoms with Gasteiger partial charge < -0.3 is 9.84 Å². The zero-order valence-corrected chi connectivity index (χ0v) is 16.6. The third-order valence-electron chi connectivity index (χ3n) is 4.04. The third kappa shape index (κ3) is 6.95. The molecule has 0 fully saturated rings. The minimum absolute atomic E-state index is 0.0367. The second-order valence-corrected chi connectivity index (χ2v) is 8.04. The monoisotopic (exact) mass is 406 g/mol. The van der Waals surface area contributed by atoms with Gasteiger partial charge in [-0.2, -0.15) is 0 Å². The maximum Gasteiger partial charge on any atom is 0.411 e. The third-order valence-corrected chi connectivity index (χ3v) is 5.48. The fourth-order valence-electron chi connectivity index (χ4n) is 2.45. The molecule has 0 spiro atoms. The van der Waals surface area contributed by atoms with Crippen LogP contribution in [-0.4, -0.2) is 32.8 Å². The molecule has 0 radical (unpaired) electrons. The lowest BCUT2D eigenvalue weighted by atomic mass is 10.1. The van der Waals surface area contributed by atoms with E-state index in [9.17, 15) is 18.3 Å². The highest BCUT2D eigenvalue weighted by Gasteiger charge is 2.17. The lowest BCUT2D eigenvalue weighted by Crippen LogP contribution is -2.28. The van der Waals surface area contributed by atoms with Crippen LogP contribution < -0.4 is 10.0 Å². The number of nitrogens with one attached hydrogen (secondary N) is 2. The van der Waals surface area contributed by atoms with Crippen LogP contribution in [0, 0.1) is 0 Å². The van der Waals surface area contributed by atoms with Crippen molar-refractivity contribution in [2.45, 2.75) is 37.2 Å². The van der Waals surface area contributed by atoms with Crippen molar-refractivity contribution < 1.29 is 23.1 Å². The predicted molar refractivity (Wildman–Crippen MR) is 108 cm³/mol. The highest BCUT2D eigenvalue weighted by molar-refractivity contribution is 7.89. The molecule has 8 heteroatoms. The Morgan fingerprint density at radius 2 is 1.75 bits per heavy atom. The number of sulfonamides is 1. The quantitative estimate of drug-likeness (QED) is 0.524. The molecule has 7 nitrogen and oxygen atoms in total. The summed E-state index contributed by atoms with van der Waals surface area (Å²) in [4.78, 5) is 11.7. The van der Waals surface area contributed by atoms with Crippen LogP contribution in [0.4, 0.5) is 10.5 Å². The first-order valence-corrected chi connectivity index (χ1v) is 10.7. The molecule has 0 saturated heterocycles. The molecule has 152 valence electrons. The van der Waals surface area contributed by atoms with E-state index < -0.39 is 22.2 Å². The van der Waals surface area contributed by atoms with Crippen LogP contribution in [0.1, 0.15) is 37.9 Å². The smallest absolute Gasteiger partial charge is 0.411 e. The minimum atomic E-state index is -3.78. The van der Waals surface area contributed by atoms with Crippen molar-refractivity contribution in [1.82, 2.24) is 4.72 Å². The summed E-state index contributed by atoms with van der Waals surface area (Å²) in [6, 6.07) is 14.5. The predicted octanol–water partition coefficient (Wildman–Crippen LogP) is 3.44. The molecule has 2 rings (SSSR count). The Morgan fingerprint density at radius 1 is 1.07 bits per heavy atom. The number of hydrogen-bond acceptors (Lipinski definition) is 5. The van der Waals surface area contributed by atoms with E-state index in [2.05, 4.69) is 17.0 Å². The topological polar surface area (TPSA) is 105 Å². The van der Waals surface area contributed by atoms with Crippen LogP contribution in [-0.2, 0) is 14.8 Å². The number of unbranched alkanes of at least 4 members (excludes halogenated alkanes) is 2. The molecule has 28 heavy (non-hydrogen) atoms. The first-order chi connectivity index (χ1) is 13.4. The Bertz CT molecular complexity index is 839. The molecule has 0 saturated carbocycles. The van der Waals surface area contributed by atoms with Gasteiger partial charge in [0.15, 0.2) is 0 Å². The van der Waals surface area contributed by atoms with E-state index >= 15 is 0 Å². The number of aliphatic hydroxyl groups is 1. The van der Waals surface area contributed by atoms with Gasteiger partial charge in [0.2, 0.25) is 10.0 Å². The molecule has 0 aromatic heterocycles. The highest BCUT2D eigenvalue weighted by atomic mass is 32.2. The van der Waals surface area contributed by atoms with E-state index in [1.54, 1.807) is 24.3 Å². The van der Waals surface area contributed by atoms with E-state index in [1.807, 2.05) is 6.07 Å². The van der Waals surface area contributed by atoms with Crippen molar-refractivity contribution in [2.75, 3.05) is 18.5 Å². The Balaban J connectivity index is 1.87. The van der Waals surface area contributed by atoms with Crippen molar-refractivity contribution in [3.05, 3.63) is 60.2 Å². The number of anilines is 1. The van der Waals surface area contributed by atoms with Gasteiger partial charge >= 0.3 is 6.09 Å². The summed E-state index contributed by atoms with van der Waals surface area (Å²) < 4.78 is 32.2. The van der Waals surface area contributed by atoms with E-state index in [0.29, 0.717) is 17.9 Å². The Kier molecular flexibility index (Phi) is 8.43. The molecule has 0 aliphatic carbocycles. The van der Waals surface area contributed by atoms with E-state index in [-0.39, 0.29) is 11.4 Å². The molecule has 3 N–H and O–H groups in total. The first kappa shape index (κ1) is 21.9. The largest absolute Gasteiger partial charge is 0.449 e. The van der Waals surface area contributed by atoms with Crippen molar-refractivity contribution in [1.29, 1.82) is 0 Å². The molecule has 0 aliphatic rings. The lowest BCUT2D eigenvalue weighted by Gasteiger charge is -2.13. The number of ether oxygens (including phenoxy) is 1. The van der Waals surface area contributed by atoms with E-state index in [4.69, 9.17) is 4.74 Å². The van der Waals surface area contributed by atoms with Crippen molar-refractivity contribution in [3.63, 3.8) is 0 Å². The molecule has 0 aliphatic heterocycles. The Hall–Kier alpha value is -2.42. The highest BCUT2D eigenvalue weighted by Crippen LogP contribution is 2.16. The molecule has 0 bridgehead atoms. The van der Waals surface area contributed by atoms with Gasteiger partial charge in [0.25, 0.3) is 0 Å². The van der Waals surface area contributed by atoms with Crippen molar-refractivity contribution in [3.8, 4) is 0 Å². The van der Waals surface area contributed by atoms with Gasteiger partial charge in [0, 0.05) is 12.2 Å². The standard InChI is InChI=1S/C20H26N2O5S/c1-2-3-7-14-27-20(24)22-17-10-12-18(13-11-17)28(25,26)21-15-19(23)16-8-5-4-6-9-16/h4-6,8-13,19,21,23H,2-3,7,14-15H2,1H3,(H,22,24). The summed E-state index contributed by atoms with van der Waals surface area (Å²) in [6.07, 6.45) is 1.32. The lowest BCUT2D eigenvalue weighted by molar-refractivity contribution is 0.159. The van der Waals surface area contributed by atoms with Crippen molar-refractivity contribution in [2.24, 2.45) is 0 Å². The van der Waals surface area contributed by atoms with Gasteiger partial charge in [-0.3, -0.25) is 5.32 Å². The number of hydrogen-bond donors (Lipinski definition) is 3. The molecule has 2 aromatic carbocycles. The van der Waals surface area contributed by atoms with Crippen LogP contribution in [0.3, 0.4) is 0 Å². The average molecular weight is 407 g/mol. The van der Waals surface area contributed by atoms with Gasteiger partial charge in [-0.15, -0.1) is 0 Å². The van der Waals surface area contributed by atoms with E-state index in [1.165, 1.54) is 24.3 Å². The second kappa shape index (κ2) is 10.8. The SMILES string of the molecule is CCCCCOC(=O)Nc1ccc(S(=O)(=O)NCC(O)c2ccccc2)cc1. The first-order valence-electron chi connectivity index (χ1n) is 9.19. The summed E-state index contributed by atoms with van der Waals surface area (Å²) in [5.41, 5.74) is 1.06. The Labute approximate surface area is 165 Å². The van der Waals surface area contributed by atoms with Crippen LogP contribution in [0.25, 0.3) is 0 Å². The fraction of sp³-hybridized carbons (Fsp3) is 0.350. The van der Waals surface area contributed by atoms with Gasteiger partial charge in [-0.1, -0.05) is 50.1 Å². The van der Waals surface area contributed by atoms with E-state index in [0.717, 1.165) is 19.3 Å². The molecule has 1 amide bonds. The molecular formula is C20H26N2O5S. The van der Waals surface area contributed by atoms with Gasteiger partial charge in [-0.05, 0) is 36.2 Å². The molecule has 1 unspecified atom stereocenters. The normalized spacial score (nSPS) is 12.4. The van der Waals surface area contributed by atoms with Crippen molar-refractivity contribution >= 4 is 21.8 Å². The number of carbonyl (C=O) groups is 1. The molecule has 2 aromatic rings. The second-order valence-electron chi connectivity index (χ2n) is 6.27. The number of benzene rings is 2. The van der Waals surface area contributed by atoms with Crippen LogP contribution in [0.15, 0.2) is 59.5 Å². The summed E-state index contributed by atoms with van der Waals surface area (Å²) in [5, 5.41) is 12.6. The van der Waals surface area contributed by atoms with Crippen LogP contribution in [0.5, 0.6) is 0 Å². The molecule has 0 heterocycles. The average Bonchev–Trinajstić information content (AvgIpc) is 2.70. The van der Waals surface area contributed by atoms with Crippen LogP contribution in [0.2, 0.25) is 0 Å². The minimum Gasteiger partial charge on any atom is -0.449 e.